The molecule has 0 heterocycles. The van der Waals surface area contributed by atoms with Gasteiger partial charge in [0.2, 0.25) is 10.0 Å². The highest BCUT2D eigenvalue weighted by Crippen LogP contribution is 2.15. The fraction of sp³-hybridized carbons (Fsp3) is 0.250. The first-order chi connectivity index (χ1) is 9.97. The standard InChI is InChI=1S/C16H18BrNO2S/c1-13(7-8-14-5-3-2-4-6-14)18-21(19,20)16-11-9-15(17)10-12-16/h2-6,9-13,18H,7-8H2,1H3/t13-/m1/s1. The Bertz CT molecular complexity index is 669. The predicted octanol–water partition coefficient (Wildman–Crippen LogP) is 3.75. The van der Waals surface area contributed by atoms with E-state index in [1.165, 1.54) is 5.56 Å². The summed E-state index contributed by atoms with van der Waals surface area (Å²) in [5, 5.41) is 0. The van der Waals surface area contributed by atoms with Gasteiger partial charge >= 0.3 is 0 Å². The van der Waals surface area contributed by atoms with Crippen molar-refractivity contribution in [3.05, 3.63) is 64.6 Å². The summed E-state index contributed by atoms with van der Waals surface area (Å²) in [6.45, 7) is 1.89. The van der Waals surface area contributed by atoms with Crippen LogP contribution in [-0.2, 0) is 16.4 Å². The molecule has 0 bridgehead atoms. The molecule has 112 valence electrons. The van der Waals surface area contributed by atoms with E-state index in [9.17, 15) is 8.42 Å². The van der Waals surface area contributed by atoms with Crippen molar-refractivity contribution >= 4 is 26.0 Å². The van der Waals surface area contributed by atoms with Gasteiger partial charge in [0.15, 0.2) is 0 Å². The molecule has 0 radical (unpaired) electrons. The zero-order chi connectivity index (χ0) is 15.3. The Kier molecular flexibility index (Phi) is 5.56. The molecule has 2 aromatic carbocycles. The number of rotatable bonds is 6. The molecule has 0 fully saturated rings. The third-order valence-corrected chi connectivity index (χ3v) is 5.32. The molecule has 0 amide bonds. The van der Waals surface area contributed by atoms with Crippen LogP contribution in [0.15, 0.2) is 64.0 Å². The summed E-state index contributed by atoms with van der Waals surface area (Å²) in [7, 11) is -3.45. The van der Waals surface area contributed by atoms with Gasteiger partial charge in [0.1, 0.15) is 0 Å². The summed E-state index contributed by atoms with van der Waals surface area (Å²) in [5.74, 6) is 0. The van der Waals surface area contributed by atoms with Gasteiger partial charge in [0.25, 0.3) is 0 Å². The Morgan fingerprint density at radius 1 is 1.05 bits per heavy atom. The van der Waals surface area contributed by atoms with Gasteiger partial charge < -0.3 is 0 Å². The monoisotopic (exact) mass is 367 g/mol. The summed E-state index contributed by atoms with van der Waals surface area (Å²) in [4.78, 5) is 0.289. The lowest BCUT2D eigenvalue weighted by atomic mass is 10.1. The Morgan fingerprint density at radius 3 is 2.29 bits per heavy atom. The highest BCUT2D eigenvalue weighted by atomic mass is 79.9. The maximum atomic E-state index is 12.2. The molecular weight excluding hydrogens is 350 g/mol. The first-order valence-electron chi connectivity index (χ1n) is 6.79. The van der Waals surface area contributed by atoms with Crippen LogP contribution in [0.25, 0.3) is 0 Å². The Labute approximate surface area is 134 Å². The van der Waals surface area contributed by atoms with E-state index in [4.69, 9.17) is 0 Å². The zero-order valence-electron chi connectivity index (χ0n) is 11.8. The molecule has 2 aromatic rings. The van der Waals surface area contributed by atoms with Gasteiger partial charge in [-0.05, 0) is 49.6 Å². The van der Waals surface area contributed by atoms with Crippen molar-refractivity contribution in [1.29, 1.82) is 0 Å². The minimum atomic E-state index is -3.45. The van der Waals surface area contributed by atoms with Crippen molar-refractivity contribution in [2.24, 2.45) is 0 Å². The highest BCUT2D eigenvalue weighted by Gasteiger charge is 2.16. The van der Waals surface area contributed by atoms with E-state index < -0.39 is 10.0 Å². The number of hydrogen-bond donors (Lipinski definition) is 1. The molecule has 0 saturated carbocycles. The lowest BCUT2D eigenvalue weighted by Gasteiger charge is -2.14. The predicted molar refractivity (Wildman–Crippen MR) is 88.7 cm³/mol. The van der Waals surface area contributed by atoms with Crippen LogP contribution in [-0.4, -0.2) is 14.5 Å². The number of benzene rings is 2. The van der Waals surface area contributed by atoms with Crippen LogP contribution in [0.4, 0.5) is 0 Å². The van der Waals surface area contributed by atoms with Crippen LogP contribution in [0.1, 0.15) is 18.9 Å². The molecule has 0 aliphatic heterocycles. The summed E-state index contributed by atoms with van der Waals surface area (Å²) < 4.78 is 28.1. The molecule has 1 atom stereocenters. The second-order valence-electron chi connectivity index (χ2n) is 5.00. The number of hydrogen-bond acceptors (Lipinski definition) is 2. The maximum absolute atomic E-state index is 12.2. The number of nitrogens with one attached hydrogen (secondary N) is 1. The molecule has 5 heteroatoms. The number of sulfonamides is 1. The van der Waals surface area contributed by atoms with E-state index in [0.717, 1.165) is 17.3 Å². The molecule has 0 aliphatic rings. The van der Waals surface area contributed by atoms with E-state index in [1.54, 1.807) is 24.3 Å². The van der Waals surface area contributed by atoms with Gasteiger partial charge in [-0.25, -0.2) is 13.1 Å². The Hall–Kier alpha value is -1.17. The van der Waals surface area contributed by atoms with E-state index in [-0.39, 0.29) is 10.9 Å². The van der Waals surface area contributed by atoms with Gasteiger partial charge in [0, 0.05) is 10.5 Å². The number of aryl methyl sites for hydroxylation is 1. The lowest BCUT2D eigenvalue weighted by Crippen LogP contribution is -2.32. The van der Waals surface area contributed by atoms with Gasteiger partial charge in [-0.2, -0.15) is 0 Å². The van der Waals surface area contributed by atoms with Gasteiger partial charge in [-0.1, -0.05) is 46.3 Å². The van der Waals surface area contributed by atoms with Crippen molar-refractivity contribution in [2.45, 2.75) is 30.7 Å². The summed E-state index contributed by atoms with van der Waals surface area (Å²) in [6.07, 6.45) is 1.62. The van der Waals surface area contributed by atoms with Gasteiger partial charge in [-0.3, -0.25) is 0 Å². The molecule has 3 nitrogen and oxygen atoms in total. The first kappa shape index (κ1) is 16.2. The van der Waals surface area contributed by atoms with Crippen molar-refractivity contribution in [3.63, 3.8) is 0 Å². The third-order valence-electron chi connectivity index (χ3n) is 3.19. The average Bonchev–Trinajstić information content (AvgIpc) is 2.46. The van der Waals surface area contributed by atoms with E-state index in [0.29, 0.717) is 0 Å². The Balaban J connectivity index is 1.95. The smallest absolute Gasteiger partial charge is 0.208 e. The van der Waals surface area contributed by atoms with E-state index >= 15 is 0 Å². The largest absolute Gasteiger partial charge is 0.240 e. The SMILES string of the molecule is C[C@H](CCc1ccccc1)NS(=O)(=O)c1ccc(Br)cc1. The molecule has 0 unspecified atom stereocenters. The summed E-state index contributed by atoms with van der Waals surface area (Å²) in [6, 6.07) is 16.6. The molecule has 0 aliphatic carbocycles. The fourth-order valence-electron chi connectivity index (χ4n) is 2.03. The maximum Gasteiger partial charge on any atom is 0.240 e. The minimum Gasteiger partial charge on any atom is -0.208 e. The van der Waals surface area contributed by atoms with Crippen LogP contribution in [0.5, 0.6) is 0 Å². The zero-order valence-corrected chi connectivity index (χ0v) is 14.2. The quantitative estimate of drug-likeness (QED) is 0.844. The van der Waals surface area contributed by atoms with E-state index in [2.05, 4.69) is 32.8 Å². The first-order valence-corrected chi connectivity index (χ1v) is 9.07. The molecule has 2 rings (SSSR count). The van der Waals surface area contributed by atoms with Crippen LogP contribution >= 0.6 is 15.9 Å². The second-order valence-corrected chi connectivity index (χ2v) is 7.63. The highest BCUT2D eigenvalue weighted by molar-refractivity contribution is 9.10. The topological polar surface area (TPSA) is 46.2 Å². The fourth-order valence-corrected chi connectivity index (χ4v) is 3.58. The molecular formula is C16H18BrNO2S. The molecule has 1 N–H and O–H groups in total. The molecule has 0 spiro atoms. The lowest BCUT2D eigenvalue weighted by molar-refractivity contribution is 0.547. The van der Waals surface area contributed by atoms with Gasteiger partial charge in [0.05, 0.1) is 4.90 Å². The molecule has 0 aromatic heterocycles. The summed E-state index contributed by atoms with van der Waals surface area (Å²) in [5.41, 5.74) is 1.21. The van der Waals surface area contributed by atoms with Crippen molar-refractivity contribution in [2.75, 3.05) is 0 Å². The Morgan fingerprint density at radius 2 is 1.67 bits per heavy atom. The van der Waals surface area contributed by atoms with Crippen LogP contribution < -0.4 is 4.72 Å². The average molecular weight is 368 g/mol. The second kappa shape index (κ2) is 7.20. The minimum absolute atomic E-state index is 0.112. The molecule has 21 heavy (non-hydrogen) atoms. The van der Waals surface area contributed by atoms with Gasteiger partial charge in [-0.15, -0.1) is 0 Å². The normalized spacial score (nSPS) is 13.0. The number of halogens is 1. The molecule has 0 saturated heterocycles. The van der Waals surface area contributed by atoms with Crippen molar-refractivity contribution < 1.29 is 8.42 Å². The van der Waals surface area contributed by atoms with E-state index in [1.807, 2.05) is 25.1 Å². The third kappa shape index (κ3) is 4.95. The van der Waals surface area contributed by atoms with Crippen LogP contribution in [0, 0.1) is 0 Å². The van der Waals surface area contributed by atoms with Crippen LogP contribution in [0.3, 0.4) is 0 Å². The van der Waals surface area contributed by atoms with Crippen LogP contribution in [0.2, 0.25) is 0 Å². The van der Waals surface area contributed by atoms with Crippen molar-refractivity contribution in [3.8, 4) is 0 Å². The van der Waals surface area contributed by atoms with Crippen molar-refractivity contribution in [1.82, 2.24) is 4.72 Å². The summed E-state index contributed by atoms with van der Waals surface area (Å²) >= 11 is 3.30.